The van der Waals surface area contributed by atoms with Gasteiger partial charge in [0.05, 0.1) is 6.04 Å². The largest absolute Gasteiger partial charge is 0.454 e. The van der Waals surface area contributed by atoms with Crippen LogP contribution < -0.4 is 9.47 Å². The topological polar surface area (TPSA) is 60.6 Å². The fourth-order valence-corrected chi connectivity index (χ4v) is 2.14. The van der Waals surface area contributed by atoms with Gasteiger partial charge < -0.3 is 14.0 Å². The number of aryl methyl sites for hydroxylation is 1. The third-order valence-corrected chi connectivity index (χ3v) is 3.43. The molecule has 1 aliphatic heterocycles. The molecule has 2 heterocycles. The summed E-state index contributed by atoms with van der Waals surface area (Å²) in [6.07, 6.45) is 0. The Morgan fingerprint density at radius 3 is 2.85 bits per heavy atom. The number of nitrogens with zero attached hydrogens (tertiary/aromatic N) is 3. The predicted molar refractivity (Wildman–Crippen MR) is 71.5 cm³/mol. The van der Waals surface area contributed by atoms with Gasteiger partial charge in [0, 0.05) is 6.54 Å². The first-order valence-corrected chi connectivity index (χ1v) is 6.52. The zero-order chi connectivity index (χ0) is 14.1. The van der Waals surface area contributed by atoms with Crippen LogP contribution in [0.25, 0.3) is 0 Å². The molecular weight excluding hydrogens is 258 g/mol. The monoisotopic (exact) mass is 275 g/mol. The SMILES string of the molecule is Cc1noc([C@H](C)N(C)Cc2ccc3c(c2)OCO3)n1. The van der Waals surface area contributed by atoms with Crippen LogP contribution >= 0.6 is 0 Å². The number of aromatic nitrogens is 2. The normalized spacial score (nSPS) is 14.8. The van der Waals surface area contributed by atoms with E-state index < -0.39 is 0 Å². The van der Waals surface area contributed by atoms with Crippen molar-refractivity contribution in [1.29, 1.82) is 0 Å². The molecule has 0 fully saturated rings. The van der Waals surface area contributed by atoms with Crippen LogP contribution in [0.3, 0.4) is 0 Å². The molecule has 6 nitrogen and oxygen atoms in total. The van der Waals surface area contributed by atoms with Crippen molar-refractivity contribution in [3.8, 4) is 11.5 Å². The van der Waals surface area contributed by atoms with Crippen LogP contribution in [0, 0.1) is 6.92 Å². The van der Waals surface area contributed by atoms with E-state index in [2.05, 4.69) is 15.0 Å². The maximum absolute atomic E-state index is 5.39. The predicted octanol–water partition coefficient (Wildman–Crippen LogP) is 2.30. The van der Waals surface area contributed by atoms with Gasteiger partial charge in [-0.1, -0.05) is 11.2 Å². The van der Waals surface area contributed by atoms with Crippen LogP contribution in [0.4, 0.5) is 0 Å². The highest BCUT2D eigenvalue weighted by atomic mass is 16.7. The van der Waals surface area contributed by atoms with Crippen molar-refractivity contribution >= 4 is 0 Å². The maximum atomic E-state index is 5.39. The van der Waals surface area contributed by atoms with E-state index in [4.69, 9.17) is 14.0 Å². The van der Waals surface area contributed by atoms with E-state index in [9.17, 15) is 0 Å². The molecular formula is C14H17N3O3. The first kappa shape index (κ1) is 12.9. The summed E-state index contributed by atoms with van der Waals surface area (Å²) < 4.78 is 15.9. The van der Waals surface area contributed by atoms with Crippen molar-refractivity contribution < 1.29 is 14.0 Å². The highest BCUT2D eigenvalue weighted by Crippen LogP contribution is 2.33. The lowest BCUT2D eigenvalue weighted by atomic mass is 10.1. The molecule has 1 atom stereocenters. The Labute approximate surface area is 117 Å². The van der Waals surface area contributed by atoms with Crippen LogP contribution in [0.15, 0.2) is 22.7 Å². The van der Waals surface area contributed by atoms with Gasteiger partial charge in [0.25, 0.3) is 0 Å². The number of rotatable bonds is 4. The minimum absolute atomic E-state index is 0.0571. The van der Waals surface area contributed by atoms with Crippen LogP contribution in [-0.4, -0.2) is 28.9 Å². The van der Waals surface area contributed by atoms with Crippen LogP contribution in [0.5, 0.6) is 11.5 Å². The van der Waals surface area contributed by atoms with Gasteiger partial charge in [0.1, 0.15) is 0 Å². The average molecular weight is 275 g/mol. The van der Waals surface area contributed by atoms with Crippen molar-refractivity contribution in [1.82, 2.24) is 15.0 Å². The Bertz CT molecular complexity index is 611. The lowest BCUT2D eigenvalue weighted by Gasteiger charge is -2.21. The molecule has 1 aliphatic rings. The summed E-state index contributed by atoms with van der Waals surface area (Å²) in [5.74, 6) is 2.89. The first-order valence-electron chi connectivity index (χ1n) is 6.52. The summed E-state index contributed by atoms with van der Waals surface area (Å²) in [7, 11) is 2.02. The Morgan fingerprint density at radius 1 is 1.30 bits per heavy atom. The van der Waals surface area contributed by atoms with Gasteiger partial charge in [-0.2, -0.15) is 4.98 Å². The molecule has 1 aromatic heterocycles. The van der Waals surface area contributed by atoms with Gasteiger partial charge in [-0.25, -0.2) is 0 Å². The summed E-state index contributed by atoms with van der Waals surface area (Å²) in [6, 6.07) is 6.04. The zero-order valence-electron chi connectivity index (χ0n) is 11.8. The molecule has 2 aromatic rings. The second-order valence-corrected chi connectivity index (χ2v) is 4.96. The minimum Gasteiger partial charge on any atom is -0.454 e. The van der Waals surface area contributed by atoms with Crippen LogP contribution in [0.1, 0.15) is 30.2 Å². The molecule has 0 unspecified atom stereocenters. The number of hydrogen-bond acceptors (Lipinski definition) is 6. The molecule has 0 aliphatic carbocycles. The minimum atomic E-state index is 0.0571. The molecule has 0 N–H and O–H groups in total. The van der Waals surface area contributed by atoms with E-state index >= 15 is 0 Å². The van der Waals surface area contributed by atoms with Gasteiger partial charge in [-0.15, -0.1) is 0 Å². The van der Waals surface area contributed by atoms with Gasteiger partial charge in [-0.05, 0) is 38.6 Å². The maximum Gasteiger partial charge on any atom is 0.243 e. The van der Waals surface area contributed by atoms with Crippen LogP contribution in [0.2, 0.25) is 0 Å². The fraction of sp³-hybridized carbons (Fsp3) is 0.429. The number of benzene rings is 1. The number of ether oxygens (including phenoxy) is 2. The van der Waals surface area contributed by atoms with Gasteiger partial charge >= 0.3 is 0 Å². The average Bonchev–Trinajstić information content (AvgIpc) is 3.05. The molecule has 0 saturated carbocycles. The molecule has 1 aromatic carbocycles. The van der Waals surface area contributed by atoms with Crippen molar-refractivity contribution in [2.45, 2.75) is 26.4 Å². The smallest absolute Gasteiger partial charge is 0.243 e. The molecule has 106 valence electrons. The molecule has 0 bridgehead atoms. The standard InChI is InChI=1S/C14H17N3O3/c1-9(14-15-10(2)16-20-14)17(3)7-11-4-5-12-13(6-11)19-8-18-12/h4-6,9H,7-8H2,1-3H3/t9-/m0/s1. The lowest BCUT2D eigenvalue weighted by Crippen LogP contribution is -2.22. The zero-order valence-corrected chi connectivity index (χ0v) is 11.8. The summed E-state index contributed by atoms with van der Waals surface area (Å²) in [5, 5.41) is 3.83. The summed E-state index contributed by atoms with van der Waals surface area (Å²) in [5.41, 5.74) is 1.15. The molecule has 0 amide bonds. The Morgan fingerprint density at radius 2 is 2.10 bits per heavy atom. The lowest BCUT2D eigenvalue weighted by molar-refractivity contribution is 0.173. The van der Waals surface area contributed by atoms with E-state index in [0.29, 0.717) is 18.5 Å². The van der Waals surface area contributed by atoms with Crippen molar-refractivity contribution in [3.63, 3.8) is 0 Å². The van der Waals surface area contributed by atoms with Gasteiger partial charge in [0.2, 0.25) is 12.7 Å². The van der Waals surface area contributed by atoms with E-state index in [-0.39, 0.29) is 6.04 Å². The van der Waals surface area contributed by atoms with E-state index in [1.54, 1.807) is 0 Å². The molecule has 0 radical (unpaired) electrons. The Balaban J connectivity index is 1.70. The molecule has 0 spiro atoms. The third-order valence-electron chi connectivity index (χ3n) is 3.43. The summed E-state index contributed by atoms with van der Waals surface area (Å²) in [6.45, 7) is 4.92. The highest BCUT2D eigenvalue weighted by molar-refractivity contribution is 5.44. The summed E-state index contributed by atoms with van der Waals surface area (Å²) >= 11 is 0. The number of hydrogen-bond donors (Lipinski definition) is 0. The van der Waals surface area contributed by atoms with E-state index in [0.717, 1.165) is 23.6 Å². The van der Waals surface area contributed by atoms with Crippen molar-refractivity contribution in [2.24, 2.45) is 0 Å². The van der Waals surface area contributed by atoms with E-state index in [1.165, 1.54) is 0 Å². The Kier molecular flexibility index (Phi) is 3.31. The molecule has 6 heteroatoms. The highest BCUT2D eigenvalue weighted by Gasteiger charge is 2.19. The number of fused-ring (bicyclic) bond motifs is 1. The third kappa shape index (κ3) is 2.46. The molecule has 3 rings (SSSR count). The quantitative estimate of drug-likeness (QED) is 0.853. The second kappa shape index (κ2) is 5.13. The second-order valence-electron chi connectivity index (χ2n) is 4.96. The van der Waals surface area contributed by atoms with Gasteiger partial charge in [-0.3, -0.25) is 4.90 Å². The first-order chi connectivity index (χ1) is 9.63. The Hall–Kier alpha value is -2.08. The van der Waals surface area contributed by atoms with Crippen molar-refractivity contribution in [2.75, 3.05) is 13.8 Å². The van der Waals surface area contributed by atoms with Crippen LogP contribution in [-0.2, 0) is 6.54 Å². The van der Waals surface area contributed by atoms with Gasteiger partial charge in [0.15, 0.2) is 17.3 Å². The summed E-state index contributed by atoms with van der Waals surface area (Å²) in [4.78, 5) is 6.41. The molecule has 20 heavy (non-hydrogen) atoms. The van der Waals surface area contributed by atoms with E-state index in [1.807, 2.05) is 39.1 Å². The van der Waals surface area contributed by atoms with Crippen molar-refractivity contribution in [3.05, 3.63) is 35.5 Å². The fourth-order valence-electron chi connectivity index (χ4n) is 2.14. The molecule has 0 saturated heterocycles.